The van der Waals surface area contributed by atoms with Gasteiger partial charge < -0.3 is 0 Å². The van der Waals surface area contributed by atoms with Crippen molar-refractivity contribution in [3.05, 3.63) is 229 Å². The van der Waals surface area contributed by atoms with Crippen LogP contribution in [-0.4, -0.2) is 9.97 Å². The first-order valence-electron chi connectivity index (χ1n) is 20.0. The van der Waals surface area contributed by atoms with Gasteiger partial charge in [0.05, 0.1) is 25.8 Å². The highest BCUT2D eigenvalue weighted by molar-refractivity contribution is 7.22. The normalized spacial score (nSPS) is 12.9. The van der Waals surface area contributed by atoms with Crippen molar-refractivity contribution in [3.8, 4) is 54.5 Å². The highest BCUT2D eigenvalue weighted by atomic mass is 32.1. The standard InChI is InChI=1S/C55H34N2S2/c1-3-16-41(17-4-1)55(42-18-5-2-6-19-42)47-22-10-9-21-44(47)45-28-27-35(34-48(45)55)37-29-36-15-7-8-20-43(36)46(33-37)38-30-39(53-56-49-23-11-13-25-51(49)58-53)32-40(31-38)54-57-50-24-12-14-26-52(50)59-54/h1-34H. The van der Waals surface area contributed by atoms with Crippen molar-refractivity contribution in [1.29, 1.82) is 0 Å². The van der Waals surface area contributed by atoms with Gasteiger partial charge in [-0.2, -0.15) is 0 Å². The van der Waals surface area contributed by atoms with Crippen molar-refractivity contribution in [2.75, 3.05) is 0 Å². The molecule has 0 unspecified atom stereocenters. The number of benzene rings is 9. The van der Waals surface area contributed by atoms with E-state index < -0.39 is 5.41 Å². The van der Waals surface area contributed by atoms with E-state index in [1.165, 1.54) is 70.2 Å². The zero-order valence-corrected chi connectivity index (χ0v) is 33.5. The van der Waals surface area contributed by atoms with Crippen LogP contribution in [0.15, 0.2) is 206 Å². The Balaban J connectivity index is 1.09. The van der Waals surface area contributed by atoms with E-state index >= 15 is 0 Å². The molecule has 0 amide bonds. The van der Waals surface area contributed by atoms with E-state index in [0.29, 0.717) is 0 Å². The second-order valence-corrected chi connectivity index (χ2v) is 17.4. The van der Waals surface area contributed by atoms with Gasteiger partial charge in [-0.15, -0.1) is 22.7 Å². The van der Waals surface area contributed by atoms with E-state index in [-0.39, 0.29) is 0 Å². The predicted molar refractivity (Wildman–Crippen MR) is 249 cm³/mol. The topological polar surface area (TPSA) is 25.8 Å². The number of nitrogens with zero attached hydrogens (tertiary/aromatic N) is 2. The van der Waals surface area contributed by atoms with Gasteiger partial charge in [0.2, 0.25) is 0 Å². The van der Waals surface area contributed by atoms with Crippen LogP contribution in [0.25, 0.3) is 85.7 Å². The highest BCUT2D eigenvalue weighted by Crippen LogP contribution is 2.57. The maximum atomic E-state index is 5.14. The summed E-state index contributed by atoms with van der Waals surface area (Å²) in [5, 5.41) is 4.43. The van der Waals surface area contributed by atoms with Gasteiger partial charge in [0.1, 0.15) is 10.0 Å². The molecule has 0 saturated carbocycles. The molecule has 11 aromatic rings. The lowest BCUT2D eigenvalue weighted by Gasteiger charge is -2.34. The smallest absolute Gasteiger partial charge is 0.124 e. The summed E-state index contributed by atoms with van der Waals surface area (Å²) in [5.41, 5.74) is 16.2. The number of hydrogen-bond acceptors (Lipinski definition) is 4. The minimum atomic E-state index is -0.470. The van der Waals surface area contributed by atoms with Crippen LogP contribution in [0.5, 0.6) is 0 Å². The third kappa shape index (κ3) is 5.45. The minimum absolute atomic E-state index is 0.470. The first-order chi connectivity index (χ1) is 29.2. The summed E-state index contributed by atoms with van der Waals surface area (Å²) in [6.45, 7) is 0. The first kappa shape index (κ1) is 34.1. The number of thiazole rings is 2. The third-order valence-corrected chi connectivity index (χ3v) is 14.2. The van der Waals surface area contributed by atoms with Gasteiger partial charge in [-0.1, -0.05) is 146 Å². The third-order valence-electron chi connectivity index (χ3n) is 12.0. The molecule has 276 valence electrons. The van der Waals surface area contributed by atoms with Gasteiger partial charge in [0, 0.05) is 11.1 Å². The lowest BCUT2D eigenvalue weighted by atomic mass is 9.67. The zero-order valence-electron chi connectivity index (χ0n) is 31.8. The van der Waals surface area contributed by atoms with E-state index in [9.17, 15) is 0 Å². The van der Waals surface area contributed by atoms with Crippen molar-refractivity contribution in [3.63, 3.8) is 0 Å². The molecule has 0 N–H and O–H groups in total. The fourth-order valence-electron chi connectivity index (χ4n) is 9.36. The molecule has 12 rings (SSSR count). The lowest BCUT2D eigenvalue weighted by molar-refractivity contribution is 0.769. The summed E-state index contributed by atoms with van der Waals surface area (Å²) in [4.78, 5) is 10.3. The number of aromatic nitrogens is 2. The van der Waals surface area contributed by atoms with Crippen LogP contribution in [0.4, 0.5) is 0 Å². The summed E-state index contributed by atoms with van der Waals surface area (Å²) >= 11 is 3.48. The molecule has 0 bridgehead atoms. The molecular formula is C55H34N2S2. The summed E-state index contributed by atoms with van der Waals surface area (Å²) in [6.07, 6.45) is 0. The van der Waals surface area contributed by atoms with Gasteiger partial charge in [0.15, 0.2) is 0 Å². The van der Waals surface area contributed by atoms with Gasteiger partial charge in [-0.3, -0.25) is 0 Å². The fraction of sp³-hybridized carbons (Fsp3) is 0.0182. The van der Waals surface area contributed by atoms with Crippen molar-refractivity contribution in [1.82, 2.24) is 9.97 Å². The van der Waals surface area contributed by atoms with E-state index in [0.717, 1.165) is 37.7 Å². The Kier molecular flexibility index (Phi) is 7.84. The minimum Gasteiger partial charge on any atom is -0.236 e. The van der Waals surface area contributed by atoms with Crippen LogP contribution >= 0.6 is 22.7 Å². The summed E-state index contributed by atoms with van der Waals surface area (Å²) in [7, 11) is 0. The first-order valence-corrected chi connectivity index (χ1v) is 21.6. The molecule has 4 heteroatoms. The van der Waals surface area contributed by atoms with Gasteiger partial charge >= 0.3 is 0 Å². The summed E-state index contributed by atoms with van der Waals surface area (Å²) < 4.78 is 2.37. The molecule has 0 spiro atoms. The molecular weight excluding hydrogens is 753 g/mol. The van der Waals surface area contributed by atoms with E-state index in [1.807, 2.05) is 0 Å². The largest absolute Gasteiger partial charge is 0.236 e. The summed E-state index contributed by atoms with van der Waals surface area (Å²) in [6, 6.07) is 75.5. The lowest BCUT2D eigenvalue weighted by Crippen LogP contribution is -2.28. The maximum absolute atomic E-state index is 5.14. The second kappa shape index (κ2) is 13.6. The molecule has 0 fully saturated rings. The zero-order chi connectivity index (χ0) is 38.9. The van der Waals surface area contributed by atoms with Crippen molar-refractivity contribution < 1.29 is 0 Å². The monoisotopic (exact) mass is 786 g/mol. The van der Waals surface area contributed by atoms with E-state index in [1.54, 1.807) is 22.7 Å². The highest BCUT2D eigenvalue weighted by Gasteiger charge is 2.46. The van der Waals surface area contributed by atoms with Crippen molar-refractivity contribution >= 4 is 53.9 Å². The van der Waals surface area contributed by atoms with Crippen LogP contribution in [0.3, 0.4) is 0 Å². The van der Waals surface area contributed by atoms with Crippen LogP contribution in [0.2, 0.25) is 0 Å². The van der Waals surface area contributed by atoms with Crippen molar-refractivity contribution in [2.24, 2.45) is 0 Å². The SMILES string of the molecule is c1ccc(C2(c3ccccc3)c3ccccc3-c3ccc(-c4cc(-c5cc(-c6nc7ccccc7s6)cc(-c6nc7ccccc7s6)c5)c5ccccc5c4)cc32)cc1. The molecule has 9 aromatic carbocycles. The molecule has 59 heavy (non-hydrogen) atoms. The molecule has 2 aromatic heterocycles. The Morgan fingerprint density at radius 3 is 1.54 bits per heavy atom. The molecule has 1 aliphatic rings. The molecule has 1 aliphatic carbocycles. The number of hydrogen-bond donors (Lipinski definition) is 0. The van der Waals surface area contributed by atoms with Crippen LogP contribution in [0, 0.1) is 0 Å². The van der Waals surface area contributed by atoms with Gasteiger partial charge in [-0.25, -0.2) is 9.97 Å². The van der Waals surface area contributed by atoms with E-state index in [4.69, 9.17) is 9.97 Å². The quantitative estimate of drug-likeness (QED) is 0.168. The van der Waals surface area contributed by atoms with Crippen LogP contribution in [0.1, 0.15) is 22.3 Å². The second-order valence-electron chi connectivity index (χ2n) is 15.3. The average Bonchev–Trinajstić information content (AvgIpc) is 4.02. The fourth-order valence-corrected chi connectivity index (χ4v) is 11.3. The molecule has 0 atom stereocenters. The van der Waals surface area contributed by atoms with Crippen LogP contribution < -0.4 is 0 Å². The molecule has 0 saturated heterocycles. The average molecular weight is 787 g/mol. The Morgan fingerprint density at radius 1 is 0.339 bits per heavy atom. The number of para-hydroxylation sites is 2. The predicted octanol–water partition coefficient (Wildman–Crippen LogP) is 15.1. The Morgan fingerprint density at radius 2 is 0.881 bits per heavy atom. The number of rotatable bonds is 6. The number of fused-ring (bicyclic) bond motifs is 6. The van der Waals surface area contributed by atoms with Crippen molar-refractivity contribution in [2.45, 2.75) is 5.41 Å². The van der Waals surface area contributed by atoms with Crippen LogP contribution in [-0.2, 0) is 5.41 Å². The maximum Gasteiger partial charge on any atom is 0.124 e. The molecule has 0 radical (unpaired) electrons. The Bertz CT molecular complexity index is 3200. The summed E-state index contributed by atoms with van der Waals surface area (Å²) in [5.74, 6) is 0. The molecule has 2 heterocycles. The molecule has 2 nitrogen and oxygen atoms in total. The molecule has 0 aliphatic heterocycles. The van der Waals surface area contributed by atoms with Gasteiger partial charge in [-0.05, 0) is 127 Å². The Hall–Kier alpha value is -6.98. The Labute approximate surface area is 350 Å². The van der Waals surface area contributed by atoms with Gasteiger partial charge in [0.25, 0.3) is 0 Å². The van der Waals surface area contributed by atoms with E-state index in [2.05, 4.69) is 206 Å².